The Morgan fingerprint density at radius 2 is 1.72 bits per heavy atom. The smallest absolute Gasteiger partial charge is 0.00951 e. The van der Waals surface area contributed by atoms with Gasteiger partial charge in [-0.05, 0) is 45.3 Å². The molecule has 1 N–H and O–H groups in total. The molecule has 1 saturated carbocycles. The van der Waals surface area contributed by atoms with Crippen LogP contribution in [-0.4, -0.2) is 36.6 Å². The van der Waals surface area contributed by atoms with Crippen LogP contribution in [0, 0.1) is 0 Å². The van der Waals surface area contributed by atoms with Crippen LogP contribution in [0.3, 0.4) is 0 Å². The Morgan fingerprint density at radius 3 is 2.33 bits per heavy atom. The Morgan fingerprint density at radius 1 is 1.06 bits per heavy atom. The molecule has 0 aromatic heterocycles. The molecule has 18 heavy (non-hydrogen) atoms. The minimum Gasteiger partial charge on any atom is -0.315 e. The first kappa shape index (κ1) is 16.0. The standard InChI is InChI=1S/C16H34N2/c1-4-18(16-11-7-8-12-16)14-10-6-5-9-13-17-15(2)3/h15-17H,4-14H2,1-3H3. The van der Waals surface area contributed by atoms with Crippen molar-refractivity contribution in [1.82, 2.24) is 10.2 Å². The second kappa shape index (κ2) is 9.80. The highest BCUT2D eigenvalue weighted by molar-refractivity contribution is 4.76. The fourth-order valence-electron chi connectivity index (χ4n) is 3.05. The van der Waals surface area contributed by atoms with Gasteiger partial charge in [0.15, 0.2) is 0 Å². The normalized spacial score (nSPS) is 17.2. The van der Waals surface area contributed by atoms with E-state index in [4.69, 9.17) is 0 Å². The van der Waals surface area contributed by atoms with Gasteiger partial charge in [-0.2, -0.15) is 0 Å². The van der Waals surface area contributed by atoms with Gasteiger partial charge in [0.25, 0.3) is 0 Å². The molecule has 2 nitrogen and oxygen atoms in total. The summed E-state index contributed by atoms with van der Waals surface area (Å²) in [4.78, 5) is 2.72. The van der Waals surface area contributed by atoms with Crippen LogP contribution in [0.25, 0.3) is 0 Å². The van der Waals surface area contributed by atoms with Gasteiger partial charge >= 0.3 is 0 Å². The Kier molecular flexibility index (Phi) is 8.70. The molecular formula is C16H34N2. The first-order chi connectivity index (χ1) is 8.74. The minimum atomic E-state index is 0.642. The van der Waals surface area contributed by atoms with Gasteiger partial charge in [0, 0.05) is 12.1 Å². The molecule has 1 rings (SSSR count). The highest BCUT2D eigenvalue weighted by Gasteiger charge is 2.20. The molecule has 0 atom stereocenters. The summed E-state index contributed by atoms with van der Waals surface area (Å²) in [6, 6.07) is 1.56. The van der Waals surface area contributed by atoms with Crippen LogP contribution < -0.4 is 5.32 Å². The van der Waals surface area contributed by atoms with Crippen LogP contribution in [0.4, 0.5) is 0 Å². The summed E-state index contributed by atoms with van der Waals surface area (Å²) in [5.41, 5.74) is 0. The van der Waals surface area contributed by atoms with E-state index in [1.165, 1.54) is 71.0 Å². The first-order valence-electron chi connectivity index (χ1n) is 8.21. The summed E-state index contributed by atoms with van der Waals surface area (Å²) in [5, 5.41) is 3.49. The summed E-state index contributed by atoms with van der Waals surface area (Å²) < 4.78 is 0. The Labute approximate surface area is 115 Å². The maximum Gasteiger partial charge on any atom is 0.00951 e. The van der Waals surface area contributed by atoms with Crippen molar-refractivity contribution >= 4 is 0 Å². The van der Waals surface area contributed by atoms with Crippen molar-refractivity contribution < 1.29 is 0 Å². The predicted molar refractivity (Wildman–Crippen MR) is 81.1 cm³/mol. The van der Waals surface area contributed by atoms with E-state index in [-0.39, 0.29) is 0 Å². The summed E-state index contributed by atoms with van der Waals surface area (Å²) in [6.45, 7) is 10.5. The van der Waals surface area contributed by atoms with Gasteiger partial charge in [0.2, 0.25) is 0 Å². The number of nitrogens with zero attached hydrogens (tertiary/aromatic N) is 1. The van der Waals surface area contributed by atoms with Gasteiger partial charge in [-0.1, -0.05) is 46.5 Å². The molecule has 0 saturated heterocycles. The maximum atomic E-state index is 3.49. The third-order valence-electron chi connectivity index (χ3n) is 4.17. The second-order valence-electron chi connectivity index (χ2n) is 6.09. The molecule has 0 unspecified atom stereocenters. The predicted octanol–water partition coefficient (Wildman–Crippen LogP) is 3.81. The SMILES string of the molecule is CCN(CCCCCCNC(C)C)C1CCCC1. The molecule has 0 aliphatic heterocycles. The number of rotatable bonds is 10. The van der Waals surface area contributed by atoms with Crippen molar-refractivity contribution in [3.05, 3.63) is 0 Å². The average molecular weight is 254 g/mol. The molecule has 1 fully saturated rings. The molecule has 0 aromatic carbocycles. The van der Waals surface area contributed by atoms with Crippen molar-refractivity contribution in [3.63, 3.8) is 0 Å². The van der Waals surface area contributed by atoms with E-state index in [0.29, 0.717) is 6.04 Å². The zero-order valence-electron chi connectivity index (χ0n) is 12.9. The summed E-state index contributed by atoms with van der Waals surface area (Å²) >= 11 is 0. The van der Waals surface area contributed by atoms with E-state index in [1.54, 1.807) is 0 Å². The van der Waals surface area contributed by atoms with Gasteiger partial charge in [-0.25, -0.2) is 0 Å². The van der Waals surface area contributed by atoms with Gasteiger partial charge in [-0.15, -0.1) is 0 Å². The molecule has 0 radical (unpaired) electrons. The number of nitrogens with one attached hydrogen (secondary N) is 1. The third-order valence-corrected chi connectivity index (χ3v) is 4.17. The van der Waals surface area contributed by atoms with Gasteiger partial charge in [-0.3, -0.25) is 0 Å². The quantitative estimate of drug-likeness (QED) is 0.596. The molecule has 0 amide bonds. The van der Waals surface area contributed by atoms with Crippen LogP contribution in [0.1, 0.15) is 72.1 Å². The minimum absolute atomic E-state index is 0.642. The lowest BCUT2D eigenvalue weighted by Crippen LogP contribution is -2.33. The van der Waals surface area contributed by atoms with E-state index < -0.39 is 0 Å². The van der Waals surface area contributed by atoms with Crippen LogP contribution in [0.15, 0.2) is 0 Å². The van der Waals surface area contributed by atoms with E-state index in [2.05, 4.69) is 31.0 Å². The molecule has 0 heterocycles. The number of hydrogen-bond donors (Lipinski definition) is 1. The third kappa shape index (κ3) is 6.75. The molecule has 0 bridgehead atoms. The van der Waals surface area contributed by atoms with E-state index in [1.807, 2.05) is 0 Å². The maximum absolute atomic E-state index is 3.49. The fourth-order valence-corrected chi connectivity index (χ4v) is 3.05. The van der Waals surface area contributed by atoms with Gasteiger partial charge in [0.05, 0.1) is 0 Å². The van der Waals surface area contributed by atoms with Crippen molar-refractivity contribution in [1.29, 1.82) is 0 Å². The van der Waals surface area contributed by atoms with Gasteiger partial charge < -0.3 is 10.2 Å². The fraction of sp³-hybridized carbons (Fsp3) is 1.00. The zero-order chi connectivity index (χ0) is 13.2. The second-order valence-corrected chi connectivity index (χ2v) is 6.09. The highest BCUT2D eigenvalue weighted by atomic mass is 15.1. The monoisotopic (exact) mass is 254 g/mol. The van der Waals surface area contributed by atoms with Gasteiger partial charge in [0.1, 0.15) is 0 Å². The molecule has 1 aliphatic rings. The first-order valence-corrected chi connectivity index (χ1v) is 8.21. The van der Waals surface area contributed by atoms with Crippen molar-refractivity contribution in [2.24, 2.45) is 0 Å². The summed E-state index contributed by atoms with van der Waals surface area (Å²) in [7, 11) is 0. The number of unbranched alkanes of at least 4 members (excludes halogenated alkanes) is 3. The number of hydrogen-bond acceptors (Lipinski definition) is 2. The van der Waals surface area contributed by atoms with Crippen molar-refractivity contribution in [2.75, 3.05) is 19.6 Å². The molecule has 0 aromatic rings. The van der Waals surface area contributed by atoms with E-state index >= 15 is 0 Å². The molecule has 2 heteroatoms. The molecular weight excluding hydrogens is 220 g/mol. The summed E-state index contributed by atoms with van der Waals surface area (Å²) in [6.07, 6.45) is 11.4. The average Bonchev–Trinajstić information content (AvgIpc) is 2.86. The van der Waals surface area contributed by atoms with E-state index in [9.17, 15) is 0 Å². The van der Waals surface area contributed by atoms with Crippen molar-refractivity contribution in [3.8, 4) is 0 Å². The van der Waals surface area contributed by atoms with Crippen LogP contribution >= 0.6 is 0 Å². The van der Waals surface area contributed by atoms with E-state index in [0.717, 1.165) is 6.04 Å². The Balaban J connectivity index is 1.95. The summed E-state index contributed by atoms with van der Waals surface area (Å²) in [5.74, 6) is 0. The van der Waals surface area contributed by atoms with Crippen LogP contribution in [0.2, 0.25) is 0 Å². The van der Waals surface area contributed by atoms with Crippen LogP contribution in [-0.2, 0) is 0 Å². The topological polar surface area (TPSA) is 15.3 Å². The molecule has 0 spiro atoms. The molecule has 1 aliphatic carbocycles. The Bertz CT molecular complexity index is 186. The largest absolute Gasteiger partial charge is 0.315 e. The lowest BCUT2D eigenvalue weighted by molar-refractivity contribution is 0.204. The van der Waals surface area contributed by atoms with Crippen molar-refractivity contribution in [2.45, 2.75) is 84.2 Å². The van der Waals surface area contributed by atoms with Crippen LogP contribution in [0.5, 0.6) is 0 Å². The lowest BCUT2D eigenvalue weighted by Gasteiger charge is -2.27. The zero-order valence-corrected chi connectivity index (χ0v) is 12.9. The lowest BCUT2D eigenvalue weighted by atomic mass is 10.1. The molecule has 108 valence electrons. The Hall–Kier alpha value is -0.0800. The highest BCUT2D eigenvalue weighted by Crippen LogP contribution is 2.23.